The molecule has 2 bridgehead atoms. The molecule has 0 aliphatic carbocycles. The number of aliphatic hydroxyl groups excluding tert-OH is 2. The van der Waals surface area contributed by atoms with E-state index in [1.54, 1.807) is 14.0 Å². The van der Waals surface area contributed by atoms with Crippen LogP contribution in [0.15, 0.2) is 35.9 Å². The SMILES string of the molecule is CC[C@H](/C=C(/C)[C@@H]1C[C@H](OC)CCC(C)(C)c2cccc(c2)C[C@@H](O)[C@H](C)C(=O)O1)CO. The first kappa shape index (κ1) is 26.6. The number of esters is 1. The second-order valence-electron chi connectivity index (χ2n) is 9.96. The van der Waals surface area contributed by atoms with Crippen LogP contribution >= 0.6 is 0 Å². The Labute approximate surface area is 193 Å². The van der Waals surface area contributed by atoms with Crippen LogP contribution in [0, 0.1) is 11.8 Å². The molecule has 32 heavy (non-hydrogen) atoms. The first-order valence-corrected chi connectivity index (χ1v) is 11.9. The van der Waals surface area contributed by atoms with Gasteiger partial charge in [-0.3, -0.25) is 4.79 Å². The number of fused-ring (bicyclic) bond motifs is 2. The lowest BCUT2D eigenvalue weighted by molar-refractivity contribution is -0.157. The van der Waals surface area contributed by atoms with E-state index in [1.807, 2.05) is 32.1 Å². The van der Waals surface area contributed by atoms with E-state index in [9.17, 15) is 15.0 Å². The third-order valence-corrected chi connectivity index (χ3v) is 7.03. The highest BCUT2D eigenvalue weighted by atomic mass is 16.5. The molecule has 2 rings (SSSR count). The normalized spacial score (nSPS) is 28.5. The van der Waals surface area contributed by atoms with E-state index in [2.05, 4.69) is 26.0 Å². The van der Waals surface area contributed by atoms with Crippen LogP contribution in [0.3, 0.4) is 0 Å². The first-order chi connectivity index (χ1) is 15.1. The molecule has 0 saturated heterocycles. The Bertz CT molecular complexity index is 765. The topological polar surface area (TPSA) is 76.0 Å². The number of carbonyl (C=O) groups is 1. The van der Waals surface area contributed by atoms with Crippen LogP contribution in [0.2, 0.25) is 0 Å². The number of methoxy groups -OCH3 is 1. The smallest absolute Gasteiger partial charge is 0.311 e. The van der Waals surface area contributed by atoms with E-state index in [1.165, 1.54) is 5.56 Å². The molecule has 0 radical (unpaired) electrons. The molecular weight excluding hydrogens is 404 g/mol. The maximum Gasteiger partial charge on any atom is 0.311 e. The van der Waals surface area contributed by atoms with Crippen molar-refractivity contribution in [3.05, 3.63) is 47.0 Å². The average Bonchev–Trinajstić information content (AvgIpc) is 2.78. The minimum Gasteiger partial charge on any atom is -0.457 e. The van der Waals surface area contributed by atoms with Crippen molar-refractivity contribution < 1.29 is 24.5 Å². The summed E-state index contributed by atoms with van der Waals surface area (Å²) in [6, 6.07) is 8.30. The van der Waals surface area contributed by atoms with Gasteiger partial charge in [-0.2, -0.15) is 0 Å². The highest BCUT2D eigenvalue weighted by Gasteiger charge is 2.31. The molecule has 1 aromatic rings. The summed E-state index contributed by atoms with van der Waals surface area (Å²) in [6.07, 6.45) is 4.17. The quantitative estimate of drug-likeness (QED) is 0.511. The standard InChI is InChI=1S/C27H42O5/c1-7-20(17-28)13-18(2)25-16-23(31-6)11-12-27(4,5)22-10-8-9-21(14-22)15-24(29)19(3)26(30)32-25/h8-10,13-14,19-20,23-25,28-29H,7,11-12,15-17H2,1-6H3/b18-13-/t19-,20+,23+,24+,25-/m0/s1. The third-order valence-electron chi connectivity index (χ3n) is 7.03. The van der Waals surface area contributed by atoms with Crippen LogP contribution < -0.4 is 0 Å². The fourth-order valence-electron chi connectivity index (χ4n) is 4.28. The zero-order chi connectivity index (χ0) is 23.9. The van der Waals surface area contributed by atoms with Crippen molar-refractivity contribution >= 4 is 5.97 Å². The van der Waals surface area contributed by atoms with Crippen molar-refractivity contribution in [2.24, 2.45) is 11.8 Å². The second kappa shape index (κ2) is 12.0. The van der Waals surface area contributed by atoms with Crippen LogP contribution in [0.5, 0.6) is 0 Å². The van der Waals surface area contributed by atoms with Crippen LogP contribution in [0.1, 0.15) is 71.4 Å². The van der Waals surface area contributed by atoms with Gasteiger partial charge in [-0.05, 0) is 61.6 Å². The van der Waals surface area contributed by atoms with Crippen molar-refractivity contribution in [2.45, 2.75) is 90.4 Å². The molecule has 0 aromatic heterocycles. The molecule has 0 unspecified atom stereocenters. The lowest BCUT2D eigenvalue weighted by Gasteiger charge is -2.31. The predicted octanol–water partition coefficient (Wildman–Crippen LogP) is 4.58. The molecule has 0 saturated carbocycles. The van der Waals surface area contributed by atoms with Crippen molar-refractivity contribution in [1.82, 2.24) is 0 Å². The van der Waals surface area contributed by atoms with Crippen LogP contribution in [-0.2, 0) is 26.1 Å². The van der Waals surface area contributed by atoms with Gasteiger partial charge in [-0.15, -0.1) is 0 Å². The van der Waals surface area contributed by atoms with Crippen LogP contribution in [0.4, 0.5) is 0 Å². The highest BCUT2D eigenvalue weighted by Crippen LogP contribution is 2.32. The summed E-state index contributed by atoms with van der Waals surface area (Å²) in [7, 11) is 1.70. The average molecular weight is 447 g/mol. The number of ether oxygens (including phenoxy) is 2. The molecule has 1 heterocycles. The molecular formula is C27H42O5. The molecule has 1 aromatic carbocycles. The maximum atomic E-state index is 13.0. The van der Waals surface area contributed by atoms with E-state index in [0.717, 1.165) is 30.4 Å². The summed E-state index contributed by atoms with van der Waals surface area (Å²) in [5.41, 5.74) is 3.11. The summed E-state index contributed by atoms with van der Waals surface area (Å²) in [5, 5.41) is 20.4. The van der Waals surface area contributed by atoms with E-state index >= 15 is 0 Å². The number of carbonyl (C=O) groups excluding carboxylic acids is 1. The van der Waals surface area contributed by atoms with Crippen molar-refractivity contribution in [3.8, 4) is 0 Å². The number of aliphatic hydroxyl groups is 2. The van der Waals surface area contributed by atoms with Crippen LogP contribution in [-0.4, -0.2) is 48.2 Å². The molecule has 5 atom stereocenters. The maximum absolute atomic E-state index is 13.0. The van der Waals surface area contributed by atoms with Gasteiger partial charge in [0.25, 0.3) is 0 Å². The third kappa shape index (κ3) is 7.16. The molecule has 2 N–H and O–H groups in total. The Balaban J connectivity index is 2.40. The van der Waals surface area contributed by atoms with Gasteiger partial charge in [0.05, 0.1) is 18.1 Å². The summed E-state index contributed by atoms with van der Waals surface area (Å²) in [5.74, 6) is -1.03. The summed E-state index contributed by atoms with van der Waals surface area (Å²) in [4.78, 5) is 13.0. The van der Waals surface area contributed by atoms with Crippen LogP contribution in [0.25, 0.3) is 0 Å². The zero-order valence-electron chi connectivity index (χ0n) is 20.6. The van der Waals surface area contributed by atoms with Crippen molar-refractivity contribution in [2.75, 3.05) is 13.7 Å². The Morgan fingerprint density at radius 1 is 1.38 bits per heavy atom. The minimum absolute atomic E-state index is 0.0229. The lowest BCUT2D eigenvalue weighted by atomic mass is 9.78. The molecule has 5 nitrogen and oxygen atoms in total. The number of cyclic esters (lactones) is 1. The highest BCUT2D eigenvalue weighted by molar-refractivity contribution is 5.73. The van der Waals surface area contributed by atoms with Crippen molar-refractivity contribution in [3.63, 3.8) is 0 Å². The Hall–Kier alpha value is -1.69. The van der Waals surface area contributed by atoms with Gasteiger partial charge in [0, 0.05) is 26.1 Å². The van der Waals surface area contributed by atoms with E-state index in [4.69, 9.17) is 9.47 Å². The van der Waals surface area contributed by atoms with Crippen molar-refractivity contribution in [1.29, 1.82) is 0 Å². The fourth-order valence-corrected chi connectivity index (χ4v) is 4.28. The summed E-state index contributed by atoms with van der Waals surface area (Å²) < 4.78 is 11.7. The Kier molecular flexibility index (Phi) is 9.93. The zero-order valence-corrected chi connectivity index (χ0v) is 20.6. The molecule has 180 valence electrons. The van der Waals surface area contributed by atoms with E-state index < -0.39 is 24.1 Å². The van der Waals surface area contributed by atoms with E-state index in [-0.39, 0.29) is 24.0 Å². The summed E-state index contributed by atoms with van der Waals surface area (Å²) in [6.45, 7) is 10.2. The molecule has 0 amide bonds. The number of benzene rings is 1. The Morgan fingerprint density at radius 2 is 2.09 bits per heavy atom. The molecule has 1 aliphatic heterocycles. The second-order valence-corrected chi connectivity index (χ2v) is 9.96. The molecule has 5 heteroatoms. The van der Waals surface area contributed by atoms with Gasteiger partial charge < -0.3 is 19.7 Å². The number of hydrogen-bond donors (Lipinski definition) is 2. The number of hydrogen-bond acceptors (Lipinski definition) is 5. The predicted molar refractivity (Wildman–Crippen MR) is 127 cm³/mol. The molecule has 0 fully saturated rings. The van der Waals surface area contributed by atoms with Gasteiger partial charge in [-0.25, -0.2) is 0 Å². The Morgan fingerprint density at radius 3 is 2.72 bits per heavy atom. The lowest BCUT2D eigenvalue weighted by Crippen LogP contribution is -2.34. The fraction of sp³-hybridized carbons (Fsp3) is 0.667. The summed E-state index contributed by atoms with van der Waals surface area (Å²) >= 11 is 0. The number of rotatable bonds is 5. The van der Waals surface area contributed by atoms with Gasteiger partial charge in [0.1, 0.15) is 6.10 Å². The first-order valence-electron chi connectivity index (χ1n) is 11.9. The molecule has 0 spiro atoms. The van der Waals surface area contributed by atoms with E-state index in [0.29, 0.717) is 12.8 Å². The van der Waals surface area contributed by atoms with Gasteiger partial charge in [0.2, 0.25) is 0 Å². The van der Waals surface area contributed by atoms with Gasteiger partial charge >= 0.3 is 5.97 Å². The minimum atomic E-state index is -0.826. The largest absolute Gasteiger partial charge is 0.457 e. The van der Waals surface area contributed by atoms with Gasteiger partial charge in [-0.1, -0.05) is 51.1 Å². The monoisotopic (exact) mass is 446 g/mol. The van der Waals surface area contributed by atoms with Gasteiger partial charge in [0.15, 0.2) is 0 Å². The molecule has 1 aliphatic rings.